The maximum atomic E-state index is 13.5. The number of Topliss-reactive ketones (excluding diaryl/α,β-unsaturated/α-hetero) is 1. The number of nitrogens with zero attached hydrogens (tertiary/aromatic N) is 5. The lowest BCUT2D eigenvalue weighted by Crippen LogP contribution is -2.27. The molecule has 2 N–H and O–H groups in total. The number of aliphatic carboxylic acids is 1. The normalized spacial score (nSPS) is 13.5. The van der Waals surface area contributed by atoms with Crippen LogP contribution in [-0.2, 0) is 16.1 Å². The van der Waals surface area contributed by atoms with Crippen molar-refractivity contribution in [2.24, 2.45) is 0 Å². The summed E-state index contributed by atoms with van der Waals surface area (Å²) in [4.78, 5) is 31.6. The topological polar surface area (TPSA) is 143 Å². The monoisotopic (exact) mass is 608 g/mol. The van der Waals surface area contributed by atoms with Crippen LogP contribution in [-0.4, -0.2) is 62.0 Å². The Hall–Kier alpha value is -4.23. The Balaban J connectivity index is 0.000000708. The Bertz CT molecular complexity index is 1540. The van der Waals surface area contributed by atoms with Gasteiger partial charge in [0.1, 0.15) is 11.4 Å². The van der Waals surface area contributed by atoms with Crippen LogP contribution in [0.4, 0.5) is 38.3 Å². The molecule has 2 heterocycles. The number of carbonyl (C=O) groups is 3. The number of rotatable bonds is 7. The van der Waals surface area contributed by atoms with E-state index in [0.29, 0.717) is 11.5 Å². The summed E-state index contributed by atoms with van der Waals surface area (Å²) in [5, 5.41) is 23.2. The second-order valence-corrected chi connectivity index (χ2v) is 10.3. The maximum absolute atomic E-state index is 13.5. The molecule has 0 saturated heterocycles. The van der Waals surface area contributed by atoms with E-state index in [9.17, 15) is 42.2 Å². The molecule has 0 aliphatic carbocycles. The van der Waals surface area contributed by atoms with Gasteiger partial charge in [0, 0.05) is 31.3 Å². The third-order valence-electron chi connectivity index (χ3n) is 4.81. The van der Waals surface area contributed by atoms with Crippen molar-refractivity contribution in [1.29, 1.82) is 5.41 Å². The first-order chi connectivity index (χ1) is 17.9. The summed E-state index contributed by atoms with van der Waals surface area (Å²) in [6.45, 7) is 2.31. The number of carbonyl (C=O) groups excluding carboxylic acids is 2. The third-order valence-corrected chi connectivity index (χ3v) is 5.93. The standard InChI is InChI=1S/C18H19F5N6O3S.C2HF3O2/c1-4-32-17-6-5-16-25-28(18(24)29(16)26-17)10-15(31)12-7-13(27(3)11(2)30)9-14(8-12)33(19,20,21,22)23;3-2(4,5)1(6)7/h5-9,24H,4,10H2,1-3H3;(H,6,7). The van der Waals surface area contributed by atoms with Crippen molar-refractivity contribution in [2.45, 2.75) is 31.5 Å². The van der Waals surface area contributed by atoms with Crippen LogP contribution in [0.2, 0.25) is 0 Å². The van der Waals surface area contributed by atoms with Gasteiger partial charge in [0.15, 0.2) is 11.4 Å². The second-order valence-electron chi connectivity index (χ2n) is 7.84. The minimum atomic E-state index is -10.2. The third kappa shape index (κ3) is 7.90. The maximum Gasteiger partial charge on any atom is 0.490 e. The molecule has 1 amide bonds. The zero-order valence-electron chi connectivity index (χ0n) is 20.5. The Kier molecular flexibility index (Phi) is 8.05. The second kappa shape index (κ2) is 10.1. The van der Waals surface area contributed by atoms with Crippen molar-refractivity contribution < 1.29 is 56.8 Å². The average Bonchev–Trinajstić information content (AvgIpc) is 3.11. The Morgan fingerprint density at radius 1 is 1.07 bits per heavy atom. The van der Waals surface area contributed by atoms with Crippen LogP contribution >= 0.6 is 10.2 Å². The first-order valence-electron chi connectivity index (χ1n) is 10.6. The summed E-state index contributed by atoms with van der Waals surface area (Å²) < 4.78 is 106. The lowest BCUT2D eigenvalue weighted by atomic mass is 10.1. The van der Waals surface area contributed by atoms with E-state index in [4.69, 9.17) is 20.0 Å². The molecular formula is C20H20F8N6O5S. The fraction of sp³-hybridized carbons (Fsp3) is 0.300. The Labute approximate surface area is 218 Å². The molecule has 40 heavy (non-hydrogen) atoms. The summed E-state index contributed by atoms with van der Waals surface area (Å²) in [6, 6.07) is 3.97. The molecule has 0 radical (unpaired) electrons. The number of nitrogens with one attached hydrogen (secondary N) is 1. The number of anilines is 1. The number of fused-ring (bicyclic) bond motifs is 1. The van der Waals surface area contributed by atoms with E-state index < -0.39 is 62.4 Å². The minimum absolute atomic E-state index is 0.0345. The van der Waals surface area contributed by atoms with Crippen LogP contribution in [0.3, 0.4) is 0 Å². The molecule has 0 saturated carbocycles. The molecule has 3 aromatic rings. The summed E-state index contributed by atoms with van der Waals surface area (Å²) >= 11 is 0. The number of amides is 1. The van der Waals surface area contributed by atoms with Gasteiger partial charge in [-0.2, -0.15) is 17.7 Å². The molecule has 2 aromatic heterocycles. The number of hydrogen-bond acceptors (Lipinski definition) is 7. The lowest BCUT2D eigenvalue weighted by Gasteiger charge is -2.41. The largest absolute Gasteiger partial charge is 0.490 e. The van der Waals surface area contributed by atoms with Gasteiger partial charge < -0.3 is 14.7 Å². The number of aromatic nitrogens is 4. The quantitative estimate of drug-likeness (QED) is 0.296. The van der Waals surface area contributed by atoms with Crippen molar-refractivity contribution in [3.63, 3.8) is 0 Å². The Morgan fingerprint density at radius 2 is 1.65 bits per heavy atom. The van der Waals surface area contributed by atoms with Gasteiger partial charge in [-0.05, 0) is 31.2 Å². The van der Waals surface area contributed by atoms with Crippen LogP contribution in [0.5, 0.6) is 5.88 Å². The highest BCUT2D eigenvalue weighted by molar-refractivity contribution is 8.45. The molecule has 0 fully saturated rings. The van der Waals surface area contributed by atoms with Gasteiger partial charge in [-0.3, -0.25) is 15.0 Å². The minimum Gasteiger partial charge on any atom is -0.477 e. The van der Waals surface area contributed by atoms with E-state index in [1.54, 1.807) is 6.92 Å². The predicted octanol–water partition coefficient (Wildman–Crippen LogP) is 4.57. The highest BCUT2D eigenvalue weighted by Crippen LogP contribution is 3.02. The van der Waals surface area contributed by atoms with Gasteiger partial charge in [0.25, 0.3) is 0 Å². The molecule has 11 nitrogen and oxygen atoms in total. The molecule has 0 aliphatic rings. The van der Waals surface area contributed by atoms with Gasteiger partial charge in [0.05, 0.1) is 6.61 Å². The lowest BCUT2D eigenvalue weighted by molar-refractivity contribution is -0.192. The van der Waals surface area contributed by atoms with Gasteiger partial charge >= 0.3 is 22.4 Å². The number of benzene rings is 1. The zero-order valence-corrected chi connectivity index (χ0v) is 21.4. The molecule has 0 spiro atoms. The van der Waals surface area contributed by atoms with Crippen LogP contribution in [0.25, 0.3) is 5.65 Å². The number of carboxylic acid groups (broad SMARTS) is 1. The van der Waals surface area contributed by atoms with Crippen molar-refractivity contribution in [3.05, 3.63) is 41.5 Å². The van der Waals surface area contributed by atoms with E-state index in [0.717, 1.165) is 29.2 Å². The van der Waals surface area contributed by atoms with Crippen molar-refractivity contribution in [2.75, 3.05) is 18.6 Å². The fourth-order valence-electron chi connectivity index (χ4n) is 2.82. The first kappa shape index (κ1) is 32.0. The number of hydrogen-bond donors (Lipinski definition) is 2. The molecule has 1 aromatic carbocycles. The fourth-order valence-corrected chi connectivity index (χ4v) is 3.51. The molecule has 0 atom stereocenters. The van der Waals surface area contributed by atoms with Crippen LogP contribution in [0, 0.1) is 5.41 Å². The molecule has 3 rings (SSSR count). The SMILES string of the molecule is CCOc1ccc2nn(CC(=O)c3cc(N(C)C(C)=O)cc(S(F)(F)(F)(F)F)c3)c(=N)n2n1.O=C(O)C(F)(F)F. The van der Waals surface area contributed by atoms with Gasteiger partial charge in [-0.25, -0.2) is 9.48 Å². The molecular weight excluding hydrogens is 588 g/mol. The number of halogens is 8. The zero-order chi connectivity index (χ0) is 30.9. The smallest absolute Gasteiger partial charge is 0.477 e. The van der Waals surface area contributed by atoms with E-state index in [2.05, 4.69) is 10.2 Å². The predicted molar refractivity (Wildman–Crippen MR) is 123 cm³/mol. The molecule has 20 heteroatoms. The molecule has 222 valence electrons. The van der Waals surface area contributed by atoms with Crippen molar-refractivity contribution in [3.8, 4) is 5.88 Å². The highest BCUT2D eigenvalue weighted by atomic mass is 32.5. The van der Waals surface area contributed by atoms with E-state index in [1.807, 2.05) is 0 Å². The first-order valence-corrected chi connectivity index (χ1v) is 12.5. The number of ether oxygens (including phenoxy) is 1. The number of ketones is 1. The molecule has 0 bridgehead atoms. The van der Waals surface area contributed by atoms with Gasteiger partial charge in [0.2, 0.25) is 17.4 Å². The highest BCUT2D eigenvalue weighted by Gasteiger charge is 2.65. The van der Waals surface area contributed by atoms with Gasteiger partial charge in [-0.1, -0.05) is 19.4 Å². The van der Waals surface area contributed by atoms with Gasteiger partial charge in [-0.15, -0.1) is 10.2 Å². The summed E-state index contributed by atoms with van der Waals surface area (Å²) in [7, 11) is -9.08. The van der Waals surface area contributed by atoms with E-state index in [1.165, 1.54) is 12.1 Å². The van der Waals surface area contributed by atoms with Crippen molar-refractivity contribution in [1.82, 2.24) is 19.4 Å². The molecule has 0 aliphatic heterocycles. The van der Waals surface area contributed by atoms with Crippen LogP contribution < -0.4 is 15.3 Å². The number of carboxylic acids is 1. The van der Waals surface area contributed by atoms with E-state index >= 15 is 0 Å². The molecule has 0 unspecified atom stereocenters. The summed E-state index contributed by atoms with van der Waals surface area (Å²) in [6.07, 6.45) is -5.08. The van der Waals surface area contributed by atoms with Crippen molar-refractivity contribution >= 4 is 39.2 Å². The van der Waals surface area contributed by atoms with Crippen LogP contribution in [0.15, 0.2) is 35.2 Å². The summed E-state index contributed by atoms with van der Waals surface area (Å²) in [5.41, 5.74) is -1.51. The van der Waals surface area contributed by atoms with Crippen LogP contribution in [0.1, 0.15) is 24.2 Å². The summed E-state index contributed by atoms with van der Waals surface area (Å²) in [5.74, 6) is -4.35. The average molecular weight is 608 g/mol. The number of alkyl halides is 3. The Morgan fingerprint density at radius 3 is 2.12 bits per heavy atom. The van der Waals surface area contributed by atoms with E-state index in [-0.39, 0.29) is 23.7 Å².